The first-order valence-corrected chi connectivity index (χ1v) is 7.52. The van der Waals surface area contributed by atoms with Gasteiger partial charge < -0.3 is 4.84 Å². The summed E-state index contributed by atoms with van der Waals surface area (Å²) in [6, 6.07) is 5.20. The molecule has 0 amide bonds. The largest absolute Gasteiger partial charge is 0.383 e. The molecule has 20 heavy (non-hydrogen) atoms. The van der Waals surface area contributed by atoms with Crippen molar-refractivity contribution in [3.63, 3.8) is 0 Å². The summed E-state index contributed by atoms with van der Waals surface area (Å²) in [6.45, 7) is 0. The summed E-state index contributed by atoms with van der Waals surface area (Å²) >= 11 is 0. The van der Waals surface area contributed by atoms with Gasteiger partial charge in [0.1, 0.15) is 0 Å². The molecule has 3 aliphatic rings. The molecule has 4 nitrogen and oxygen atoms in total. The number of aromatic nitrogens is 1. The van der Waals surface area contributed by atoms with E-state index in [0.717, 1.165) is 29.9 Å². The van der Waals surface area contributed by atoms with Gasteiger partial charge >= 0.3 is 5.97 Å². The lowest BCUT2D eigenvalue weighted by Crippen LogP contribution is -2.24. The molecule has 0 N–H and O–H groups in total. The van der Waals surface area contributed by atoms with Crippen molar-refractivity contribution >= 4 is 11.7 Å². The zero-order chi connectivity index (χ0) is 13.5. The molecule has 3 fully saturated rings. The number of hydrogen-bond acceptors (Lipinski definition) is 4. The summed E-state index contributed by atoms with van der Waals surface area (Å²) < 4.78 is 0. The Balaban J connectivity index is 1.46. The summed E-state index contributed by atoms with van der Waals surface area (Å²) in [5.74, 6) is 2.64. The third-order valence-electron chi connectivity index (χ3n) is 5.32. The zero-order valence-corrected chi connectivity index (χ0v) is 11.4. The number of carbonyl (C=O) groups excluding carboxylic acids is 1. The number of carbonyl (C=O) groups is 1. The topological polar surface area (TPSA) is 51.5 Å². The Hall–Kier alpha value is -1.71. The summed E-state index contributed by atoms with van der Waals surface area (Å²) in [6.07, 6.45) is 7.97. The van der Waals surface area contributed by atoms with Crippen LogP contribution in [0.4, 0.5) is 0 Å². The molecule has 0 saturated heterocycles. The van der Waals surface area contributed by atoms with E-state index in [1.54, 1.807) is 24.4 Å². The lowest BCUT2D eigenvalue weighted by atomic mass is 9.81. The second-order valence-electron chi connectivity index (χ2n) is 6.24. The molecule has 1 heterocycles. The second-order valence-corrected chi connectivity index (χ2v) is 6.24. The van der Waals surface area contributed by atoms with Crippen molar-refractivity contribution in [3.8, 4) is 0 Å². The monoisotopic (exact) mass is 270 g/mol. The van der Waals surface area contributed by atoms with Crippen molar-refractivity contribution in [2.45, 2.75) is 32.1 Å². The minimum Gasteiger partial charge on any atom is -0.311 e. The lowest BCUT2D eigenvalue weighted by Gasteiger charge is -2.25. The van der Waals surface area contributed by atoms with Crippen LogP contribution in [0.5, 0.6) is 0 Å². The highest BCUT2D eigenvalue weighted by molar-refractivity contribution is 5.92. The van der Waals surface area contributed by atoms with Gasteiger partial charge in [-0.05, 0) is 55.6 Å². The van der Waals surface area contributed by atoms with Crippen LogP contribution in [0, 0.1) is 23.7 Å². The van der Waals surface area contributed by atoms with E-state index in [0.29, 0.717) is 11.6 Å². The van der Waals surface area contributed by atoms with E-state index < -0.39 is 5.97 Å². The van der Waals surface area contributed by atoms with Crippen molar-refractivity contribution in [1.82, 2.24) is 4.98 Å². The molecule has 0 aliphatic heterocycles. The maximum Gasteiger partial charge on any atom is 0.383 e. The fourth-order valence-corrected chi connectivity index (χ4v) is 4.55. The molecule has 3 aliphatic carbocycles. The summed E-state index contributed by atoms with van der Waals surface area (Å²) in [5.41, 5.74) is 1.43. The Morgan fingerprint density at radius 3 is 3.05 bits per heavy atom. The normalized spacial score (nSPS) is 36.3. The molecule has 2 bridgehead atoms. The fraction of sp³-hybridized carbons (Fsp3) is 0.562. The molecule has 4 atom stereocenters. The van der Waals surface area contributed by atoms with Crippen LogP contribution < -0.4 is 0 Å². The maximum atomic E-state index is 11.8. The number of rotatable bonds is 2. The highest BCUT2D eigenvalue weighted by Gasteiger charge is 2.52. The van der Waals surface area contributed by atoms with Crippen molar-refractivity contribution in [1.29, 1.82) is 0 Å². The Bertz CT molecular complexity index is 555. The van der Waals surface area contributed by atoms with Crippen LogP contribution in [0.25, 0.3) is 0 Å². The van der Waals surface area contributed by atoms with E-state index in [2.05, 4.69) is 10.1 Å². The average Bonchev–Trinajstić information content (AvgIpc) is 3.17. The molecule has 0 radical (unpaired) electrons. The van der Waals surface area contributed by atoms with Crippen molar-refractivity contribution in [2.24, 2.45) is 28.8 Å². The van der Waals surface area contributed by atoms with Gasteiger partial charge in [0.25, 0.3) is 0 Å². The molecule has 0 unspecified atom stereocenters. The molecular weight excluding hydrogens is 252 g/mol. The third-order valence-corrected chi connectivity index (χ3v) is 5.32. The van der Waals surface area contributed by atoms with Crippen molar-refractivity contribution in [2.75, 3.05) is 0 Å². The van der Waals surface area contributed by atoms with Crippen LogP contribution in [0.1, 0.15) is 42.6 Å². The molecule has 0 aromatic carbocycles. The molecule has 0 spiro atoms. The highest BCUT2D eigenvalue weighted by atomic mass is 16.7. The van der Waals surface area contributed by atoms with Gasteiger partial charge in [0.15, 0.2) is 5.69 Å². The van der Waals surface area contributed by atoms with Gasteiger partial charge in [0.2, 0.25) is 0 Å². The minimum atomic E-state index is -0.455. The Kier molecular flexibility index (Phi) is 2.83. The molecule has 1 aromatic rings. The average molecular weight is 270 g/mol. The van der Waals surface area contributed by atoms with Gasteiger partial charge in [-0.2, -0.15) is 0 Å². The predicted molar refractivity (Wildman–Crippen MR) is 74.1 cm³/mol. The molecule has 4 rings (SSSR count). The standard InChI is InChI=1S/C16H18N2O2/c19-16(14-6-1-2-7-17-14)20-18-15-9-10-8-13(15)12-5-3-4-11(10)12/h1-2,6-7,10-13H,3-5,8-9H2/b18-15+/t10-,11-,12-,13-/m0/s1. The molecule has 1 aromatic heterocycles. The maximum absolute atomic E-state index is 11.8. The van der Waals surface area contributed by atoms with Crippen molar-refractivity contribution < 1.29 is 9.63 Å². The second kappa shape index (κ2) is 4.69. The Morgan fingerprint density at radius 2 is 2.20 bits per heavy atom. The van der Waals surface area contributed by atoms with Crippen LogP contribution >= 0.6 is 0 Å². The molecular formula is C16H18N2O2. The first-order valence-electron chi connectivity index (χ1n) is 7.52. The number of nitrogens with zero attached hydrogens (tertiary/aromatic N) is 2. The summed E-state index contributed by atoms with van der Waals surface area (Å²) in [7, 11) is 0. The fourth-order valence-electron chi connectivity index (χ4n) is 4.55. The zero-order valence-electron chi connectivity index (χ0n) is 11.4. The number of oxime groups is 1. The number of pyridine rings is 1. The summed E-state index contributed by atoms with van der Waals surface area (Å²) in [5, 5.41) is 4.17. The van der Waals surface area contributed by atoms with Gasteiger partial charge in [0, 0.05) is 12.1 Å². The van der Waals surface area contributed by atoms with E-state index in [4.69, 9.17) is 4.84 Å². The van der Waals surface area contributed by atoms with Crippen LogP contribution in [0.2, 0.25) is 0 Å². The predicted octanol–water partition coefficient (Wildman–Crippen LogP) is 3.05. The van der Waals surface area contributed by atoms with E-state index in [1.807, 2.05) is 0 Å². The van der Waals surface area contributed by atoms with Gasteiger partial charge in [-0.15, -0.1) is 0 Å². The first-order chi connectivity index (χ1) is 9.83. The van der Waals surface area contributed by atoms with Crippen LogP contribution in [-0.4, -0.2) is 16.7 Å². The van der Waals surface area contributed by atoms with E-state index in [1.165, 1.54) is 25.7 Å². The Labute approximate surface area is 118 Å². The van der Waals surface area contributed by atoms with Gasteiger partial charge in [-0.1, -0.05) is 17.6 Å². The SMILES string of the molecule is O=C(O/N=C1\C[C@@H]2C[C@H]1[C@H]1CCC[C@@H]21)c1ccccn1. The van der Waals surface area contributed by atoms with Gasteiger partial charge in [-0.25, -0.2) is 9.78 Å². The third kappa shape index (κ3) is 1.86. The summed E-state index contributed by atoms with van der Waals surface area (Å²) in [4.78, 5) is 20.9. The molecule has 4 heteroatoms. The number of hydrogen-bond donors (Lipinski definition) is 0. The van der Waals surface area contributed by atoms with Crippen LogP contribution in [-0.2, 0) is 4.84 Å². The quantitative estimate of drug-likeness (QED) is 0.613. The lowest BCUT2D eigenvalue weighted by molar-refractivity contribution is 0.0504. The highest BCUT2D eigenvalue weighted by Crippen LogP contribution is 2.57. The minimum absolute atomic E-state index is 0.318. The van der Waals surface area contributed by atoms with E-state index in [-0.39, 0.29) is 0 Å². The molecule has 3 saturated carbocycles. The smallest absolute Gasteiger partial charge is 0.311 e. The first kappa shape index (κ1) is 12.1. The van der Waals surface area contributed by atoms with Crippen LogP contribution in [0.3, 0.4) is 0 Å². The Morgan fingerprint density at radius 1 is 1.30 bits per heavy atom. The van der Waals surface area contributed by atoms with Crippen LogP contribution in [0.15, 0.2) is 29.6 Å². The molecule has 104 valence electrons. The van der Waals surface area contributed by atoms with Gasteiger partial charge in [0.05, 0.1) is 5.71 Å². The van der Waals surface area contributed by atoms with Gasteiger partial charge in [-0.3, -0.25) is 0 Å². The van der Waals surface area contributed by atoms with E-state index >= 15 is 0 Å². The number of fused-ring (bicyclic) bond motifs is 5. The van der Waals surface area contributed by atoms with E-state index in [9.17, 15) is 4.79 Å². The van der Waals surface area contributed by atoms with Crippen molar-refractivity contribution in [3.05, 3.63) is 30.1 Å².